The molecule has 13 rings (SSSR count). The van der Waals surface area contributed by atoms with Crippen molar-refractivity contribution in [2.45, 2.75) is 206 Å². The Labute approximate surface area is 431 Å². The van der Waals surface area contributed by atoms with Gasteiger partial charge in [0.1, 0.15) is 0 Å². The van der Waals surface area contributed by atoms with Gasteiger partial charge in [-0.2, -0.15) is 0 Å². The van der Waals surface area contributed by atoms with Gasteiger partial charge >= 0.3 is 0 Å². The summed E-state index contributed by atoms with van der Waals surface area (Å²) in [6.45, 7) is 18.8. The number of likely N-dealkylation sites (tertiary alicyclic amines) is 4. The highest BCUT2D eigenvalue weighted by molar-refractivity contribution is 5.58. The van der Waals surface area contributed by atoms with E-state index in [4.69, 9.17) is 0 Å². The Kier molecular flexibility index (Phi) is 19.0. The summed E-state index contributed by atoms with van der Waals surface area (Å²) < 4.78 is 0. The van der Waals surface area contributed by atoms with Crippen LogP contribution in [0.3, 0.4) is 0 Å². The smallest absolute Gasteiger partial charge is 0.0429 e. The molecule has 6 nitrogen and oxygen atoms in total. The van der Waals surface area contributed by atoms with Crippen molar-refractivity contribution in [1.82, 2.24) is 29.4 Å². The molecule has 11 aliphatic rings. The van der Waals surface area contributed by atoms with Crippen LogP contribution in [-0.2, 0) is 19.5 Å². The lowest BCUT2D eigenvalue weighted by Crippen LogP contribution is -2.44. The van der Waals surface area contributed by atoms with Gasteiger partial charge < -0.3 is 19.6 Å². The minimum atomic E-state index is 0.694. The van der Waals surface area contributed by atoms with Gasteiger partial charge in [-0.3, -0.25) is 9.80 Å². The Morgan fingerprint density at radius 1 is 0.471 bits per heavy atom. The van der Waals surface area contributed by atoms with Crippen LogP contribution in [-0.4, -0.2) is 127 Å². The lowest BCUT2D eigenvalue weighted by atomic mass is 9.73. The van der Waals surface area contributed by atoms with Gasteiger partial charge in [-0.05, 0) is 230 Å². The molecule has 6 heterocycles. The van der Waals surface area contributed by atoms with Crippen LogP contribution in [0.2, 0.25) is 0 Å². The molecule has 15 unspecified atom stereocenters. The van der Waals surface area contributed by atoms with E-state index in [1.54, 1.807) is 12.8 Å². The molecule has 4 saturated heterocycles. The molecule has 8 fully saturated rings. The molecular weight excluding hydrogens is 853 g/mol. The molecule has 5 aliphatic carbocycles. The first-order chi connectivity index (χ1) is 33.7. The minimum absolute atomic E-state index is 0.694. The molecule has 2 aromatic rings. The van der Waals surface area contributed by atoms with Crippen LogP contribution < -0.4 is 0 Å². The normalized spacial score (nSPS) is 38.4. The van der Waals surface area contributed by atoms with Crippen LogP contribution in [0.4, 0.5) is 0 Å². The molecule has 0 aromatic heterocycles. The fourth-order valence-corrected chi connectivity index (χ4v) is 16.0. The first kappa shape index (κ1) is 53.8. The summed E-state index contributed by atoms with van der Waals surface area (Å²) in [7, 11) is 13.5. The maximum Gasteiger partial charge on any atom is 0.0429 e. The zero-order chi connectivity index (χ0) is 49.6. The second-order valence-electron chi connectivity index (χ2n) is 25.5. The van der Waals surface area contributed by atoms with E-state index in [2.05, 4.69) is 180 Å². The van der Waals surface area contributed by atoms with E-state index in [0.717, 1.165) is 96.7 Å². The molecular formula is C64H104N6. The number of fused-ring (bicyclic) bond motifs is 10. The third-order valence-corrected chi connectivity index (χ3v) is 21.2. The number of hydrogen-bond acceptors (Lipinski definition) is 6. The molecule has 15 atom stereocenters. The fraction of sp³-hybridized carbons (Fsp3) is 0.750. The zero-order valence-electron chi connectivity index (χ0n) is 47.0. The van der Waals surface area contributed by atoms with Crippen molar-refractivity contribution in [3.63, 3.8) is 0 Å². The Morgan fingerprint density at radius 2 is 1.10 bits per heavy atom. The maximum atomic E-state index is 2.66. The highest BCUT2D eigenvalue weighted by atomic mass is 15.2. The minimum Gasteiger partial charge on any atom is -0.374 e. The maximum absolute atomic E-state index is 2.66. The van der Waals surface area contributed by atoms with Crippen LogP contribution in [0.15, 0.2) is 66.4 Å². The average Bonchev–Trinajstić information content (AvgIpc) is 4.18. The summed E-state index contributed by atoms with van der Waals surface area (Å²) >= 11 is 0. The van der Waals surface area contributed by atoms with Gasteiger partial charge in [0.05, 0.1) is 0 Å². The van der Waals surface area contributed by atoms with Gasteiger partial charge in [-0.1, -0.05) is 92.8 Å². The van der Waals surface area contributed by atoms with Crippen LogP contribution in [0.1, 0.15) is 167 Å². The van der Waals surface area contributed by atoms with Crippen LogP contribution in [0.5, 0.6) is 0 Å². The van der Waals surface area contributed by atoms with Crippen molar-refractivity contribution in [3.05, 3.63) is 88.6 Å². The second kappa shape index (κ2) is 24.7. The van der Waals surface area contributed by atoms with Crippen molar-refractivity contribution in [1.29, 1.82) is 0 Å². The molecule has 6 aliphatic heterocycles. The summed E-state index contributed by atoms with van der Waals surface area (Å²) in [5.74, 6) is 8.44. The van der Waals surface area contributed by atoms with Crippen molar-refractivity contribution in [2.24, 2.45) is 47.3 Å². The summed E-state index contributed by atoms with van der Waals surface area (Å²) in [6, 6.07) is 23.1. The molecule has 2 aromatic carbocycles. The van der Waals surface area contributed by atoms with E-state index in [1.807, 2.05) is 0 Å². The topological polar surface area (TPSA) is 19.4 Å². The van der Waals surface area contributed by atoms with Gasteiger partial charge in [-0.15, -0.1) is 0 Å². The van der Waals surface area contributed by atoms with Crippen LogP contribution >= 0.6 is 0 Å². The van der Waals surface area contributed by atoms with Crippen molar-refractivity contribution >= 4 is 6.08 Å². The summed E-state index contributed by atoms with van der Waals surface area (Å²) in [5.41, 5.74) is 7.16. The number of likely N-dealkylation sites (N-methyl/N-ethyl adjacent to an activating group) is 2. The molecule has 0 N–H and O–H groups in total. The van der Waals surface area contributed by atoms with Crippen molar-refractivity contribution in [2.75, 3.05) is 55.4 Å². The molecule has 70 heavy (non-hydrogen) atoms. The highest BCUT2D eigenvalue weighted by Crippen LogP contribution is 2.55. The fourth-order valence-electron chi connectivity index (χ4n) is 16.0. The largest absolute Gasteiger partial charge is 0.374 e. The van der Waals surface area contributed by atoms with E-state index in [-0.39, 0.29) is 0 Å². The Hall–Kier alpha value is -2.48. The standard InChI is InChI=1S/C11H19N.C11H21N.C11H15N.C11H13N.C10H19N.C10H17N/c1-7-5-10-8-3-4-9(6-8)11(10)12(7)2;3*1-9-7-10-5-3-4-6-11(10)8-12(9)2;1-8-10-6-4-3-5-9(10)7-11(8)2;1-8-7-9-5-3-4-6-10(9)11(8)2/h7-11H,3-6H2,1-2H3;9-11H,3-8H2,1-2H3;3-6,9H,7-8H2,1-2H3;3-7H,8H2,1-2H3;8-10H,3-7H2,1-2H3;4,6,8-10H,3,5,7H2,1-2H3. The van der Waals surface area contributed by atoms with Gasteiger partial charge in [-0.25, -0.2) is 0 Å². The van der Waals surface area contributed by atoms with Gasteiger partial charge in [0, 0.05) is 81.2 Å². The first-order valence-electron chi connectivity index (χ1n) is 29.4. The van der Waals surface area contributed by atoms with E-state index in [1.165, 1.54) is 137 Å². The SMILES string of the molecule is CC1=Cc2ccccc2CN1C.CC1C2CCCCC2CN1C.CC1CC2C3CCC(C3)C2N1C.CC1CC2CCC=CC2N1C.CC1CC2CCCCC2CN1C.CC1Cc2ccccc2CN1C. The predicted octanol–water partition coefficient (Wildman–Crippen LogP) is 13.4. The first-order valence-corrected chi connectivity index (χ1v) is 29.4. The van der Waals surface area contributed by atoms with Gasteiger partial charge in [0.25, 0.3) is 0 Å². The van der Waals surface area contributed by atoms with Gasteiger partial charge in [0.15, 0.2) is 0 Å². The van der Waals surface area contributed by atoms with Gasteiger partial charge in [0.2, 0.25) is 0 Å². The predicted molar refractivity (Wildman–Crippen MR) is 300 cm³/mol. The highest BCUT2D eigenvalue weighted by Gasteiger charge is 2.53. The molecule has 0 spiro atoms. The monoisotopic (exact) mass is 957 g/mol. The van der Waals surface area contributed by atoms with Crippen molar-refractivity contribution < 1.29 is 0 Å². The third kappa shape index (κ3) is 12.9. The number of nitrogens with zero attached hydrogens (tertiary/aromatic N) is 6. The Bertz CT molecular complexity index is 1940. The Morgan fingerprint density at radius 3 is 1.83 bits per heavy atom. The molecule has 4 saturated carbocycles. The number of rotatable bonds is 0. The molecule has 0 radical (unpaired) electrons. The molecule has 6 heteroatoms. The quantitative estimate of drug-likeness (QED) is 0.243. The van der Waals surface area contributed by atoms with E-state index < -0.39 is 0 Å². The lowest BCUT2D eigenvalue weighted by molar-refractivity contribution is 0.0650. The number of allylic oxidation sites excluding steroid dienone is 2. The molecule has 2 bridgehead atoms. The van der Waals surface area contributed by atoms with Crippen LogP contribution in [0.25, 0.3) is 6.08 Å². The molecule has 390 valence electrons. The Balaban J connectivity index is 0.000000113. The summed E-state index contributed by atoms with van der Waals surface area (Å²) in [6.07, 6.45) is 31.9. The summed E-state index contributed by atoms with van der Waals surface area (Å²) in [5, 5.41) is 0. The lowest BCUT2D eigenvalue weighted by Gasteiger charge is -2.43. The number of hydrogen-bond donors (Lipinski definition) is 0. The average molecular weight is 958 g/mol. The van der Waals surface area contributed by atoms with E-state index in [9.17, 15) is 0 Å². The van der Waals surface area contributed by atoms with E-state index >= 15 is 0 Å². The van der Waals surface area contributed by atoms with Crippen LogP contribution in [0, 0.1) is 47.3 Å². The second-order valence-corrected chi connectivity index (χ2v) is 25.5. The van der Waals surface area contributed by atoms with E-state index in [0.29, 0.717) is 6.04 Å². The molecule has 0 amide bonds. The zero-order valence-corrected chi connectivity index (χ0v) is 47.0. The van der Waals surface area contributed by atoms with Crippen molar-refractivity contribution in [3.8, 4) is 0 Å². The third-order valence-electron chi connectivity index (χ3n) is 21.2. The number of benzene rings is 2. The summed E-state index contributed by atoms with van der Waals surface area (Å²) in [4.78, 5) is 14.9. The number of piperidine rings is 1.